The monoisotopic (exact) mass is 271 g/mol. The van der Waals surface area contributed by atoms with Gasteiger partial charge in [0.25, 0.3) is 5.15 Å². The predicted molar refractivity (Wildman–Crippen MR) is 73.8 cm³/mol. The van der Waals surface area contributed by atoms with E-state index < -0.39 is 0 Å². The second-order valence-corrected chi connectivity index (χ2v) is 6.38. The van der Waals surface area contributed by atoms with Crippen molar-refractivity contribution in [2.24, 2.45) is 11.3 Å². The summed E-state index contributed by atoms with van der Waals surface area (Å²) in [5.41, 5.74) is 0.327. The molecule has 0 fully saturated rings. The molecule has 1 aromatic heterocycles. The lowest BCUT2D eigenvalue weighted by molar-refractivity contribution is -0.610. The number of hydrogen-bond donors (Lipinski definition) is 0. The molecule has 1 rings (SSSR count). The first kappa shape index (κ1) is 15.1. The van der Waals surface area contributed by atoms with E-state index in [2.05, 4.69) is 27.7 Å². The highest BCUT2D eigenvalue weighted by molar-refractivity contribution is 6.28. The summed E-state index contributed by atoms with van der Waals surface area (Å²) in [5.74, 6) is 0.842. The molecule has 0 spiro atoms. The summed E-state index contributed by atoms with van der Waals surface area (Å²) in [6.45, 7) is 9.43. The highest BCUT2D eigenvalue weighted by Crippen LogP contribution is 2.25. The van der Waals surface area contributed by atoms with E-state index >= 15 is 0 Å². The van der Waals surface area contributed by atoms with Crippen molar-refractivity contribution in [1.29, 1.82) is 0 Å². The van der Waals surface area contributed by atoms with E-state index in [4.69, 9.17) is 16.3 Å². The Balaban J connectivity index is 2.40. The molecule has 0 saturated heterocycles. The molecule has 0 amide bonds. The second kappa shape index (κ2) is 6.28. The van der Waals surface area contributed by atoms with E-state index in [-0.39, 0.29) is 11.0 Å². The molecule has 18 heavy (non-hydrogen) atoms. The van der Waals surface area contributed by atoms with Crippen LogP contribution in [0, 0.1) is 16.5 Å². The fourth-order valence-electron chi connectivity index (χ4n) is 2.07. The van der Waals surface area contributed by atoms with Crippen LogP contribution in [0.25, 0.3) is 0 Å². The first-order valence-corrected chi connectivity index (χ1v) is 6.68. The van der Waals surface area contributed by atoms with Crippen LogP contribution in [-0.2, 0) is 0 Å². The lowest BCUT2D eigenvalue weighted by Crippen LogP contribution is -2.30. The number of halogens is 1. The number of pyridine rings is 1. The van der Waals surface area contributed by atoms with Gasteiger partial charge >= 0.3 is 5.88 Å². The Kier molecular flexibility index (Phi) is 5.27. The minimum absolute atomic E-state index is 0.134. The van der Waals surface area contributed by atoms with Gasteiger partial charge in [0.1, 0.15) is 0 Å². The van der Waals surface area contributed by atoms with Gasteiger partial charge in [0, 0.05) is 6.07 Å². The van der Waals surface area contributed by atoms with Gasteiger partial charge in [0.05, 0.1) is 12.7 Å². The van der Waals surface area contributed by atoms with Crippen LogP contribution in [-0.4, -0.2) is 6.61 Å². The molecule has 0 radical (unpaired) electrons. The average molecular weight is 272 g/mol. The molecule has 1 aromatic rings. The Morgan fingerprint density at radius 1 is 1.39 bits per heavy atom. The summed E-state index contributed by atoms with van der Waals surface area (Å²) in [6, 6.07) is 4.89. The molecule has 4 heteroatoms. The van der Waals surface area contributed by atoms with E-state index in [1.807, 2.05) is 0 Å². The third-order valence-corrected chi connectivity index (χ3v) is 2.97. The molecule has 0 saturated carbocycles. The van der Waals surface area contributed by atoms with Gasteiger partial charge in [-0.05, 0) is 41.8 Å². The number of ether oxygens (including phenoxy) is 1. The Morgan fingerprint density at radius 3 is 2.67 bits per heavy atom. The number of nitrogens with zero attached hydrogens (tertiary/aromatic N) is 1. The predicted octanol–water partition coefficient (Wildman–Crippen LogP) is 3.81. The van der Waals surface area contributed by atoms with E-state index in [1.54, 1.807) is 18.2 Å². The van der Waals surface area contributed by atoms with Gasteiger partial charge in [0.2, 0.25) is 0 Å². The molecule has 0 bridgehead atoms. The van der Waals surface area contributed by atoms with Crippen LogP contribution in [0.15, 0.2) is 18.2 Å². The Bertz CT molecular complexity index is 388. The van der Waals surface area contributed by atoms with Crippen molar-refractivity contribution in [1.82, 2.24) is 0 Å². The van der Waals surface area contributed by atoms with Gasteiger partial charge in [-0.2, -0.15) is 0 Å². The van der Waals surface area contributed by atoms with E-state index in [0.29, 0.717) is 22.7 Å². The second-order valence-electron chi connectivity index (χ2n) is 5.99. The molecule has 0 aliphatic heterocycles. The summed E-state index contributed by atoms with van der Waals surface area (Å²) in [6.07, 6.45) is 2.08. The summed E-state index contributed by atoms with van der Waals surface area (Å²) in [5, 5.41) is 11.7. The quantitative estimate of drug-likeness (QED) is 0.464. The van der Waals surface area contributed by atoms with E-state index in [1.165, 1.54) is 0 Å². The first-order chi connectivity index (χ1) is 8.29. The summed E-state index contributed by atoms with van der Waals surface area (Å²) in [7, 11) is 0. The maximum Gasteiger partial charge on any atom is 0.380 e. The van der Waals surface area contributed by atoms with Crippen LogP contribution in [0.3, 0.4) is 0 Å². The molecule has 1 heterocycles. The fourth-order valence-corrected chi connectivity index (χ4v) is 2.23. The Labute approximate surface area is 114 Å². The molecule has 1 atom stereocenters. The van der Waals surface area contributed by atoms with Gasteiger partial charge in [0.15, 0.2) is 0 Å². The van der Waals surface area contributed by atoms with Crippen LogP contribution >= 0.6 is 11.6 Å². The molecule has 1 unspecified atom stereocenters. The van der Waals surface area contributed by atoms with Crippen LogP contribution in [0.1, 0.15) is 40.5 Å². The summed E-state index contributed by atoms with van der Waals surface area (Å²) in [4.78, 5) is 0. The first-order valence-electron chi connectivity index (χ1n) is 6.30. The third-order valence-electron chi connectivity index (χ3n) is 2.69. The average Bonchev–Trinajstić information content (AvgIpc) is 2.21. The standard InChI is InChI=1S/C14H22ClNO2/c1-11(10-14(2,3)4)8-9-18-13-7-5-6-12(15)16(13)17/h5-7,11H,8-10H2,1-4H3. The molecule has 3 nitrogen and oxygen atoms in total. The highest BCUT2D eigenvalue weighted by atomic mass is 35.5. The topological polar surface area (TPSA) is 36.2 Å². The number of aromatic nitrogens is 1. The summed E-state index contributed by atoms with van der Waals surface area (Å²) >= 11 is 5.71. The lowest BCUT2D eigenvalue weighted by atomic mass is 9.84. The third kappa shape index (κ3) is 5.13. The molecular weight excluding hydrogens is 250 g/mol. The van der Waals surface area contributed by atoms with Crippen molar-refractivity contribution >= 4 is 11.6 Å². The molecule has 0 aliphatic carbocycles. The lowest BCUT2D eigenvalue weighted by Gasteiger charge is -2.22. The number of rotatable bonds is 5. The zero-order chi connectivity index (χ0) is 13.8. The maximum atomic E-state index is 11.5. The maximum absolute atomic E-state index is 11.5. The smallest absolute Gasteiger partial charge is 0.380 e. The van der Waals surface area contributed by atoms with Crippen LogP contribution in [0.4, 0.5) is 0 Å². The molecule has 0 aliphatic rings. The van der Waals surface area contributed by atoms with Crippen molar-refractivity contribution in [2.75, 3.05) is 6.61 Å². The van der Waals surface area contributed by atoms with Crippen LogP contribution in [0.2, 0.25) is 5.15 Å². The van der Waals surface area contributed by atoms with Gasteiger partial charge in [-0.15, -0.1) is 4.73 Å². The Morgan fingerprint density at radius 2 is 2.06 bits per heavy atom. The van der Waals surface area contributed by atoms with Crippen molar-refractivity contribution < 1.29 is 9.47 Å². The largest absolute Gasteiger partial charge is 0.615 e. The van der Waals surface area contributed by atoms with E-state index in [0.717, 1.165) is 12.8 Å². The van der Waals surface area contributed by atoms with Crippen molar-refractivity contribution in [3.63, 3.8) is 0 Å². The zero-order valence-electron chi connectivity index (χ0n) is 11.6. The SMILES string of the molecule is CC(CCOc1cccc(Cl)[n+]1[O-])CC(C)(C)C. The molecule has 0 N–H and O–H groups in total. The Hall–Kier alpha value is -0.960. The van der Waals surface area contributed by atoms with Gasteiger partial charge in [-0.1, -0.05) is 27.7 Å². The van der Waals surface area contributed by atoms with Crippen LogP contribution < -0.4 is 9.47 Å². The normalized spacial score (nSPS) is 13.4. The zero-order valence-corrected chi connectivity index (χ0v) is 12.3. The molecule has 0 aromatic carbocycles. The van der Waals surface area contributed by atoms with Gasteiger partial charge in [-0.3, -0.25) is 0 Å². The van der Waals surface area contributed by atoms with Crippen molar-refractivity contribution in [3.05, 3.63) is 28.6 Å². The van der Waals surface area contributed by atoms with E-state index in [9.17, 15) is 5.21 Å². The van der Waals surface area contributed by atoms with Crippen molar-refractivity contribution in [3.8, 4) is 5.88 Å². The molecular formula is C14H22ClNO2. The molecule has 102 valence electrons. The van der Waals surface area contributed by atoms with Gasteiger partial charge < -0.3 is 9.94 Å². The minimum atomic E-state index is 0.134. The van der Waals surface area contributed by atoms with Gasteiger partial charge in [-0.25, -0.2) is 0 Å². The van der Waals surface area contributed by atoms with Crippen molar-refractivity contribution in [2.45, 2.75) is 40.5 Å². The minimum Gasteiger partial charge on any atom is -0.615 e. The summed E-state index contributed by atoms with van der Waals surface area (Å²) < 4.78 is 6.08. The number of hydrogen-bond acceptors (Lipinski definition) is 2. The fraction of sp³-hybridized carbons (Fsp3) is 0.643. The highest BCUT2D eigenvalue weighted by Gasteiger charge is 2.16. The van der Waals surface area contributed by atoms with Crippen LogP contribution in [0.5, 0.6) is 5.88 Å².